The van der Waals surface area contributed by atoms with Crippen LogP contribution in [0.2, 0.25) is 0 Å². The summed E-state index contributed by atoms with van der Waals surface area (Å²) in [5.74, 6) is 0.653. The van der Waals surface area contributed by atoms with Crippen molar-refractivity contribution in [1.82, 2.24) is 20.5 Å². The predicted molar refractivity (Wildman–Crippen MR) is 120 cm³/mol. The first-order valence-corrected chi connectivity index (χ1v) is 11.1. The number of nitrogens with zero attached hydrogens (tertiary/aromatic N) is 4. The molecular weight excluding hydrogens is 387 g/mol. The molecule has 0 unspecified atom stereocenters. The van der Waals surface area contributed by atoms with Crippen LogP contribution in [0.1, 0.15) is 16.8 Å². The van der Waals surface area contributed by atoms with Crippen molar-refractivity contribution in [2.24, 2.45) is 4.99 Å². The number of halogens is 1. The van der Waals surface area contributed by atoms with E-state index in [9.17, 15) is 4.39 Å². The van der Waals surface area contributed by atoms with Crippen LogP contribution < -0.4 is 15.5 Å². The molecule has 0 radical (unpaired) electrons. The van der Waals surface area contributed by atoms with E-state index >= 15 is 0 Å². The van der Waals surface area contributed by atoms with Crippen LogP contribution in [0.25, 0.3) is 0 Å². The highest BCUT2D eigenvalue weighted by Gasteiger charge is 2.16. The monoisotopic (exact) mass is 418 g/mol. The van der Waals surface area contributed by atoms with Gasteiger partial charge in [-0.1, -0.05) is 6.92 Å². The van der Waals surface area contributed by atoms with Crippen molar-refractivity contribution in [3.63, 3.8) is 0 Å². The van der Waals surface area contributed by atoms with E-state index in [1.807, 2.05) is 18.3 Å². The van der Waals surface area contributed by atoms with Gasteiger partial charge in [-0.3, -0.25) is 9.89 Å². The summed E-state index contributed by atoms with van der Waals surface area (Å²) in [6, 6.07) is 6.77. The van der Waals surface area contributed by atoms with E-state index in [2.05, 4.69) is 37.3 Å². The Kier molecular flexibility index (Phi) is 8.25. The summed E-state index contributed by atoms with van der Waals surface area (Å²) in [6.45, 7) is 8.76. The van der Waals surface area contributed by atoms with Gasteiger partial charge in [0.2, 0.25) is 0 Å². The summed E-state index contributed by atoms with van der Waals surface area (Å²) in [7, 11) is 1.80. The molecule has 0 bridgehead atoms. The first kappa shape index (κ1) is 21.5. The number of guanidine groups is 1. The molecule has 0 amide bonds. The van der Waals surface area contributed by atoms with Crippen molar-refractivity contribution in [3.05, 3.63) is 46.2 Å². The smallest absolute Gasteiger partial charge is 0.191 e. The van der Waals surface area contributed by atoms with Crippen LogP contribution in [0.4, 0.5) is 10.1 Å². The molecule has 158 valence electrons. The summed E-state index contributed by atoms with van der Waals surface area (Å²) < 4.78 is 13.1. The lowest BCUT2D eigenvalue weighted by molar-refractivity contribution is 0.261. The molecule has 0 aliphatic carbocycles. The highest BCUT2D eigenvalue weighted by atomic mass is 32.1. The fourth-order valence-corrected chi connectivity index (χ4v) is 4.21. The van der Waals surface area contributed by atoms with E-state index < -0.39 is 0 Å². The molecule has 1 aliphatic rings. The van der Waals surface area contributed by atoms with E-state index in [-0.39, 0.29) is 5.82 Å². The minimum atomic E-state index is -0.183. The number of hydrogen-bond donors (Lipinski definition) is 2. The third-order valence-corrected chi connectivity index (χ3v) is 6.29. The maximum Gasteiger partial charge on any atom is 0.191 e. The molecule has 0 saturated carbocycles. The van der Waals surface area contributed by atoms with Crippen LogP contribution in [-0.2, 0) is 12.8 Å². The van der Waals surface area contributed by atoms with E-state index in [0.29, 0.717) is 0 Å². The van der Waals surface area contributed by atoms with Gasteiger partial charge in [-0.25, -0.2) is 9.37 Å². The number of thiazole rings is 1. The number of piperazine rings is 1. The Morgan fingerprint density at radius 2 is 1.86 bits per heavy atom. The Morgan fingerprint density at radius 3 is 2.52 bits per heavy atom. The first-order chi connectivity index (χ1) is 14.2. The highest BCUT2D eigenvalue weighted by molar-refractivity contribution is 7.11. The number of nitrogens with one attached hydrogen (secondary N) is 2. The molecule has 1 aromatic carbocycles. The standard InChI is InChI=1S/C21H31FN6S/c1-3-19-16-26-20(29-19)8-9-24-21(23-2)25-10-11-27-12-14-28(15-13-27)18-6-4-17(22)5-7-18/h4-7,16H,3,8-15H2,1-2H3,(H2,23,24,25). The molecule has 1 aromatic heterocycles. The second-order valence-electron chi connectivity index (χ2n) is 7.05. The molecule has 29 heavy (non-hydrogen) atoms. The Labute approximate surface area is 176 Å². The summed E-state index contributed by atoms with van der Waals surface area (Å²) in [5.41, 5.74) is 1.10. The van der Waals surface area contributed by atoms with E-state index in [4.69, 9.17) is 0 Å². The number of rotatable bonds is 8. The zero-order chi connectivity index (χ0) is 20.5. The van der Waals surface area contributed by atoms with Crippen molar-refractivity contribution < 1.29 is 4.39 Å². The quantitative estimate of drug-likeness (QED) is 0.509. The second-order valence-corrected chi connectivity index (χ2v) is 8.25. The number of anilines is 1. The molecule has 8 heteroatoms. The maximum absolute atomic E-state index is 13.1. The number of benzene rings is 1. The van der Waals surface area contributed by atoms with Crippen molar-refractivity contribution in [2.45, 2.75) is 19.8 Å². The van der Waals surface area contributed by atoms with Gasteiger partial charge in [0.15, 0.2) is 5.96 Å². The lowest BCUT2D eigenvalue weighted by Gasteiger charge is -2.36. The molecule has 1 saturated heterocycles. The maximum atomic E-state index is 13.1. The number of aryl methyl sites for hydroxylation is 1. The summed E-state index contributed by atoms with van der Waals surface area (Å²) in [4.78, 5) is 14.9. The topological polar surface area (TPSA) is 55.8 Å². The molecular formula is C21H31FN6S. The molecule has 2 heterocycles. The van der Waals surface area contributed by atoms with Gasteiger partial charge in [-0.2, -0.15) is 0 Å². The van der Waals surface area contributed by atoms with E-state index in [1.165, 1.54) is 22.0 Å². The van der Waals surface area contributed by atoms with Gasteiger partial charge in [0.05, 0.1) is 5.01 Å². The summed E-state index contributed by atoms with van der Waals surface area (Å²) in [5, 5.41) is 7.93. The molecule has 2 N–H and O–H groups in total. The highest BCUT2D eigenvalue weighted by Crippen LogP contribution is 2.16. The van der Waals surface area contributed by atoms with Crippen molar-refractivity contribution in [2.75, 3.05) is 57.8 Å². The van der Waals surface area contributed by atoms with Gasteiger partial charge in [0.1, 0.15) is 5.82 Å². The first-order valence-electron chi connectivity index (χ1n) is 10.3. The van der Waals surface area contributed by atoms with E-state index in [1.54, 1.807) is 18.4 Å². The fourth-order valence-electron chi connectivity index (χ4n) is 3.35. The molecule has 0 spiro atoms. The lowest BCUT2D eigenvalue weighted by Crippen LogP contribution is -2.49. The SMILES string of the molecule is CCc1cnc(CCNC(=NC)NCCN2CCN(c3ccc(F)cc3)CC2)s1. The number of aliphatic imine (C=N–C) groups is 1. The Morgan fingerprint density at radius 1 is 1.14 bits per heavy atom. The minimum Gasteiger partial charge on any atom is -0.369 e. The van der Waals surface area contributed by atoms with Crippen molar-refractivity contribution >= 4 is 23.0 Å². The van der Waals surface area contributed by atoms with Gasteiger partial charge in [0.25, 0.3) is 0 Å². The number of hydrogen-bond acceptors (Lipinski definition) is 5. The van der Waals surface area contributed by atoms with Gasteiger partial charge >= 0.3 is 0 Å². The Balaban J connectivity index is 1.31. The van der Waals surface area contributed by atoms with Gasteiger partial charge in [0, 0.05) is 76.0 Å². The molecule has 0 atom stereocenters. The Bertz CT molecular complexity index is 768. The lowest BCUT2D eigenvalue weighted by atomic mass is 10.2. The average Bonchev–Trinajstić information content (AvgIpc) is 3.22. The largest absolute Gasteiger partial charge is 0.369 e. The van der Waals surface area contributed by atoms with Crippen LogP contribution >= 0.6 is 11.3 Å². The van der Waals surface area contributed by atoms with Crippen LogP contribution in [-0.4, -0.2) is 68.7 Å². The molecule has 1 aliphatic heterocycles. The second kappa shape index (κ2) is 11.1. The zero-order valence-corrected chi connectivity index (χ0v) is 18.1. The summed E-state index contributed by atoms with van der Waals surface area (Å²) >= 11 is 1.79. The van der Waals surface area contributed by atoms with Gasteiger partial charge in [-0.05, 0) is 30.7 Å². The molecule has 3 rings (SSSR count). The molecule has 2 aromatic rings. The van der Waals surface area contributed by atoms with Gasteiger partial charge in [-0.15, -0.1) is 11.3 Å². The molecule has 6 nitrogen and oxygen atoms in total. The third-order valence-electron chi connectivity index (χ3n) is 5.09. The van der Waals surface area contributed by atoms with Crippen LogP contribution in [0.5, 0.6) is 0 Å². The van der Waals surface area contributed by atoms with Crippen LogP contribution in [0, 0.1) is 5.82 Å². The van der Waals surface area contributed by atoms with Crippen LogP contribution in [0.3, 0.4) is 0 Å². The van der Waals surface area contributed by atoms with Crippen molar-refractivity contribution in [1.29, 1.82) is 0 Å². The van der Waals surface area contributed by atoms with Gasteiger partial charge < -0.3 is 15.5 Å². The van der Waals surface area contributed by atoms with Crippen LogP contribution in [0.15, 0.2) is 35.5 Å². The number of aromatic nitrogens is 1. The van der Waals surface area contributed by atoms with Crippen molar-refractivity contribution in [3.8, 4) is 0 Å². The fraction of sp³-hybridized carbons (Fsp3) is 0.524. The predicted octanol–water partition coefficient (Wildman–Crippen LogP) is 2.37. The normalized spacial score (nSPS) is 15.6. The Hall–Kier alpha value is -2.19. The summed E-state index contributed by atoms with van der Waals surface area (Å²) in [6.07, 6.45) is 3.94. The average molecular weight is 419 g/mol. The molecule has 1 fully saturated rings. The third kappa shape index (κ3) is 6.68. The van der Waals surface area contributed by atoms with E-state index in [0.717, 1.165) is 70.3 Å². The zero-order valence-electron chi connectivity index (χ0n) is 17.3. The minimum absolute atomic E-state index is 0.183.